The molecule has 0 spiro atoms. The van der Waals surface area contributed by atoms with Gasteiger partial charge in [-0.15, -0.1) is 0 Å². The van der Waals surface area contributed by atoms with Gasteiger partial charge >= 0.3 is 6.18 Å². The molecule has 174 valence electrons. The topological polar surface area (TPSA) is 68.2 Å². The van der Waals surface area contributed by atoms with Crippen molar-refractivity contribution in [2.24, 2.45) is 0 Å². The quantitative estimate of drug-likeness (QED) is 0.543. The van der Waals surface area contributed by atoms with Crippen molar-refractivity contribution >= 4 is 11.7 Å². The molecule has 1 aromatic heterocycles. The first-order valence-corrected chi connectivity index (χ1v) is 10.7. The molecule has 4 rings (SSSR count). The summed E-state index contributed by atoms with van der Waals surface area (Å²) in [6.45, 7) is 2.22. The zero-order chi connectivity index (χ0) is 23.6. The molecule has 0 bridgehead atoms. The summed E-state index contributed by atoms with van der Waals surface area (Å²) in [4.78, 5) is 12.9. The molecule has 0 fully saturated rings. The summed E-state index contributed by atoms with van der Waals surface area (Å²) < 4.78 is 47.7. The summed E-state index contributed by atoms with van der Waals surface area (Å²) in [5, 5.41) is 9.79. The fourth-order valence-corrected chi connectivity index (χ4v) is 3.99. The smallest absolute Gasteiger partial charge is 0.410 e. The second-order valence-electron chi connectivity index (χ2n) is 7.97. The lowest BCUT2D eigenvalue weighted by molar-refractivity contribution is -0.173. The Balaban J connectivity index is 1.59. The van der Waals surface area contributed by atoms with Crippen molar-refractivity contribution in [3.05, 3.63) is 77.0 Å². The molecule has 1 aliphatic rings. The summed E-state index contributed by atoms with van der Waals surface area (Å²) in [5.74, 6) is 0.210. The lowest BCUT2D eigenvalue weighted by Gasteiger charge is -2.34. The number of carbonyl (C=O) groups excluding carboxylic acids is 1. The Kier molecular flexibility index (Phi) is 6.31. The van der Waals surface area contributed by atoms with Gasteiger partial charge < -0.3 is 15.4 Å². The summed E-state index contributed by atoms with van der Waals surface area (Å²) in [7, 11) is 1.55. The van der Waals surface area contributed by atoms with Gasteiger partial charge in [0, 0.05) is 13.0 Å². The van der Waals surface area contributed by atoms with E-state index in [4.69, 9.17) is 4.74 Å². The van der Waals surface area contributed by atoms with Crippen molar-refractivity contribution in [1.82, 2.24) is 15.1 Å². The van der Waals surface area contributed by atoms with Crippen LogP contribution in [0.2, 0.25) is 0 Å². The molecular formula is C24H25F3N4O2. The first-order chi connectivity index (χ1) is 15.8. The number of nitrogens with zero attached hydrogens (tertiary/aromatic N) is 2. The molecule has 0 radical (unpaired) electrons. The lowest BCUT2D eigenvalue weighted by Crippen LogP contribution is -2.36. The number of methoxy groups -OCH3 is 1. The Morgan fingerprint density at radius 1 is 1.21 bits per heavy atom. The zero-order valence-corrected chi connectivity index (χ0v) is 18.3. The molecule has 2 N–H and O–H groups in total. The van der Waals surface area contributed by atoms with E-state index in [1.54, 1.807) is 25.3 Å². The predicted octanol–water partition coefficient (Wildman–Crippen LogP) is 5.04. The number of fused-ring (bicyclic) bond motifs is 1. The fraction of sp³-hybridized carbons (Fsp3) is 0.333. The van der Waals surface area contributed by atoms with Crippen LogP contribution < -0.4 is 15.4 Å². The van der Waals surface area contributed by atoms with Crippen LogP contribution in [0.5, 0.6) is 5.75 Å². The number of alkyl halides is 3. The summed E-state index contributed by atoms with van der Waals surface area (Å²) in [6.07, 6.45) is -2.69. The van der Waals surface area contributed by atoms with Crippen LogP contribution in [0, 0.1) is 0 Å². The van der Waals surface area contributed by atoms with Gasteiger partial charge in [-0.25, -0.2) is 4.68 Å². The SMILES string of the molecule is CCc1ccc([C@H]2C[C@@H](C(F)(F)F)n3ncc(C(=O)NCc4cccc(OC)c4)c3N2)cc1. The van der Waals surface area contributed by atoms with Crippen molar-refractivity contribution < 1.29 is 22.7 Å². The number of benzene rings is 2. The molecule has 1 aliphatic heterocycles. The van der Waals surface area contributed by atoms with Gasteiger partial charge in [0.25, 0.3) is 5.91 Å². The highest BCUT2D eigenvalue weighted by Gasteiger charge is 2.47. The average Bonchev–Trinajstić information content (AvgIpc) is 3.25. The number of aryl methyl sites for hydroxylation is 1. The van der Waals surface area contributed by atoms with E-state index in [0.29, 0.717) is 5.75 Å². The molecule has 6 nitrogen and oxygen atoms in total. The van der Waals surface area contributed by atoms with E-state index in [-0.39, 0.29) is 24.3 Å². The number of amides is 1. The number of rotatable bonds is 6. The molecule has 0 saturated carbocycles. The van der Waals surface area contributed by atoms with Gasteiger partial charge in [0.15, 0.2) is 6.04 Å². The van der Waals surface area contributed by atoms with Crippen molar-refractivity contribution in [3.8, 4) is 5.75 Å². The minimum absolute atomic E-state index is 0.0660. The number of carbonyl (C=O) groups is 1. The van der Waals surface area contributed by atoms with E-state index < -0.39 is 24.2 Å². The molecule has 0 saturated heterocycles. The molecule has 0 unspecified atom stereocenters. The highest BCUT2D eigenvalue weighted by atomic mass is 19.4. The van der Waals surface area contributed by atoms with Gasteiger partial charge in [-0.2, -0.15) is 18.3 Å². The highest BCUT2D eigenvalue weighted by molar-refractivity contribution is 5.98. The van der Waals surface area contributed by atoms with Crippen LogP contribution in [0.3, 0.4) is 0 Å². The Hall–Kier alpha value is -3.49. The maximum atomic E-state index is 13.9. The normalized spacial score (nSPS) is 17.7. The first kappa shape index (κ1) is 22.7. The van der Waals surface area contributed by atoms with Gasteiger partial charge in [-0.05, 0) is 35.2 Å². The second-order valence-corrected chi connectivity index (χ2v) is 7.97. The number of hydrogen-bond acceptors (Lipinski definition) is 4. The van der Waals surface area contributed by atoms with Gasteiger partial charge in [-0.1, -0.05) is 43.3 Å². The number of ether oxygens (including phenoxy) is 1. The standard InChI is InChI=1S/C24H25F3N4O2/c1-3-15-7-9-17(10-8-15)20-12-21(24(25,26)27)31-22(30-20)19(14-29-31)23(32)28-13-16-5-4-6-18(11-16)33-2/h4-11,14,20-21,30H,3,12-13H2,1-2H3,(H,28,32)/t20-,21+/m1/s1. The van der Waals surface area contributed by atoms with Gasteiger partial charge in [0.05, 0.1) is 19.3 Å². The third kappa shape index (κ3) is 4.81. The number of nitrogens with one attached hydrogen (secondary N) is 2. The van der Waals surface area contributed by atoms with E-state index in [0.717, 1.165) is 27.8 Å². The van der Waals surface area contributed by atoms with Crippen molar-refractivity contribution in [1.29, 1.82) is 0 Å². The van der Waals surface area contributed by atoms with Crippen molar-refractivity contribution in [2.45, 2.75) is 44.6 Å². The summed E-state index contributed by atoms with van der Waals surface area (Å²) in [6, 6.07) is 12.2. The number of aromatic nitrogens is 2. The average molecular weight is 458 g/mol. The van der Waals surface area contributed by atoms with Gasteiger partial charge in [0.1, 0.15) is 17.1 Å². The molecule has 3 aromatic rings. The second kappa shape index (κ2) is 9.17. The summed E-state index contributed by atoms with van der Waals surface area (Å²) in [5.41, 5.74) is 2.71. The van der Waals surface area contributed by atoms with E-state index >= 15 is 0 Å². The van der Waals surface area contributed by atoms with Crippen molar-refractivity contribution in [2.75, 3.05) is 12.4 Å². The van der Waals surface area contributed by atoms with Gasteiger partial charge in [0.2, 0.25) is 0 Å². The van der Waals surface area contributed by atoms with Crippen LogP contribution in [0.15, 0.2) is 54.7 Å². The van der Waals surface area contributed by atoms with Crippen LogP contribution in [-0.2, 0) is 13.0 Å². The van der Waals surface area contributed by atoms with E-state index in [2.05, 4.69) is 15.7 Å². The van der Waals surface area contributed by atoms with Gasteiger partial charge in [-0.3, -0.25) is 4.79 Å². The monoisotopic (exact) mass is 458 g/mol. The number of hydrogen-bond donors (Lipinski definition) is 2. The number of halogens is 3. The van der Waals surface area contributed by atoms with Crippen LogP contribution in [0.25, 0.3) is 0 Å². The highest BCUT2D eigenvalue weighted by Crippen LogP contribution is 2.44. The molecule has 9 heteroatoms. The Bertz CT molecular complexity index is 1130. The number of anilines is 1. The Labute approximate surface area is 189 Å². The molecule has 0 aliphatic carbocycles. The predicted molar refractivity (Wildman–Crippen MR) is 118 cm³/mol. The minimum Gasteiger partial charge on any atom is -0.497 e. The third-order valence-corrected chi connectivity index (χ3v) is 5.86. The van der Waals surface area contributed by atoms with Crippen LogP contribution >= 0.6 is 0 Å². The van der Waals surface area contributed by atoms with Crippen LogP contribution in [0.4, 0.5) is 19.0 Å². The molecule has 2 atom stereocenters. The minimum atomic E-state index is -4.50. The Morgan fingerprint density at radius 3 is 2.64 bits per heavy atom. The zero-order valence-electron chi connectivity index (χ0n) is 18.3. The van der Waals surface area contributed by atoms with E-state index in [1.165, 1.54) is 6.20 Å². The van der Waals surface area contributed by atoms with Crippen LogP contribution in [-0.4, -0.2) is 29.0 Å². The van der Waals surface area contributed by atoms with E-state index in [9.17, 15) is 18.0 Å². The third-order valence-electron chi connectivity index (χ3n) is 5.86. The lowest BCUT2D eigenvalue weighted by atomic mass is 9.95. The summed E-state index contributed by atoms with van der Waals surface area (Å²) >= 11 is 0. The molecule has 2 aromatic carbocycles. The first-order valence-electron chi connectivity index (χ1n) is 10.7. The maximum Gasteiger partial charge on any atom is 0.410 e. The maximum absolute atomic E-state index is 13.9. The fourth-order valence-electron chi connectivity index (χ4n) is 3.99. The largest absolute Gasteiger partial charge is 0.497 e. The Morgan fingerprint density at radius 2 is 1.97 bits per heavy atom. The van der Waals surface area contributed by atoms with E-state index in [1.807, 2.05) is 37.3 Å². The van der Waals surface area contributed by atoms with Crippen LogP contribution in [0.1, 0.15) is 52.5 Å². The molecule has 1 amide bonds. The van der Waals surface area contributed by atoms with Crippen molar-refractivity contribution in [3.63, 3.8) is 0 Å². The molecular weight excluding hydrogens is 433 g/mol. The molecule has 2 heterocycles. The molecule has 33 heavy (non-hydrogen) atoms.